The lowest BCUT2D eigenvalue weighted by Gasteiger charge is -2.21. The molecule has 32 heavy (non-hydrogen) atoms. The van der Waals surface area contributed by atoms with Crippen molar-refractivity contribution in [3.63, 3.8) is 0 Å². The van der Waals surface area contributed by atoms with E-state index in [9.17, 15) is 23.8 Å². The van der Waals surface area contributed by atoms with Crippen molar-refractivity contribution in [1.82, 2.24) is 5.32 Å². The molecular weight excluding hydrogens is 418 g/mol. The van der Waals surface area contributed by atoms with Gasteiger partial charge in [-0.15, -0.1) is 0 Å². The van der Waals surface area contributed by atoms with Gasteiger partial charge in [-0.25, -0.2) is 13.6 Å². The van der Waals surface area contributed by atoms with Crippen LogP contribution in [0.2, 0.25) is 0 Å². The first-order valence-electron chi connectivity index (χ1n) is 10.1. The number of benzene rings is 3. The summed E-state index contributed by atoms with van der Waals surface area (Å²) in [6.07, 6.45) is -4.28. The van der Waals surface area contributed by atoms with E-state index in [1.54, 1.807) is 0 Å². The van der Waals surface area contributed by atoms with Crippen LogP contribution < -0.4 is 11.1 Å². The Kier molecular flexibility index (Phi) is 6.07. The molecule has 1 aliphatic rings. The number of hydrogen-bond acceptors (Lipinski definition) is 5. The fraction of sp³-hybridized carbons (Fsp3) is 0.208. The number of anilines is 1. The van der Waals surface area contributed by atoms with E-state index in [-0.39, 0.29) is 18.2 Å². The molecular formula is C24H22F2N2O4. The van der Waals surface area contributed by atoms with Crippen molar-refractivity contribution in [2.24, 2.45) is 0 Å². The van der Waals surface area contributed by atoms with Gasteiger partial charge in [0.15, 0.2) is 11.6 Å². The lowest BCUT2D eigenvalue weighted by molar-refractivity contribution is 0.0166. The van der Waals surface area contributed by atoms with Crippen LogP contribution in [-0.4, -0.2) is 35.6 Å². The fourth-order valence-electron chi connectivity index (χ4n) is 4.02. The second kappa shape index (κ2) is 8.94. The van der Waals surface area contributed by atoms with Crippen molar-refractivity contribution in [2.45, 2.75) is 18.1 Å². The van der Waals surface area contributed by atoms with Crippen molar-refractivity contribution in [1.29, 1.82) is 0 Å². The lowest BCUT2D eigenvalue weighted by atomic mass is 9.98. The molecule has 3 aromatic rings. The molecule has 0 aliphatic heterocycles. The van der Waals surface area contributed by atoms with E-state index in [0.717, 1.165) is 34.4 Å². The third-order valence-electron chi connectivity index (χ3n) is 5.63. The first-order chi connectivity index (χ1) is 15.4. The molecule has 8 heteroatoms. The predicted octanol–water partition coefficient (Wildman–Crippen LogP) is 3.48. The van der Waals surface area contributed by atoms with Crippen LogP contribution in [0.4, 0.5) is 19.3 Å². The number of aliphatic hydroxyl groups excluding tert-OH is 2. The van der Waals surface area contributed by atoms with Gasteiger partial charge in [0.05, 0.1) is 0 Å². The molecule has 2 unspecified atom stereocenters. The molecule has 6 nitrogen and oxygen atoms in total. The molecule has 3 aromatic carbocycles. The number of carbonyl (C=O) groups is 1. The third-order valence-corrected chi connectivity index (χ3v) is 5.63. The van der Waals surface area contributed by atoms with Crippen molar-refractivity contribution < 1.29 is 28.5 Å². The Bertz CT molecular complexity index is 1110. The second-order valence-electron chi connectivity index (χ2n) is 7.58. The van der Waals surface area contributed by atoms with Crippen LogP contribution in [-0.2, 0) is 4.74 Å². The summed E-state index contributed by atoms with van der Waals surface area (Å²) in [4.78, 5) is 12.2. The van der Waals surface area contributed by atoms with Gasteiger partial charge >= 0.3 is 6.09 Å². The van der Waals surface area contributed by atoms with Crippen LogP contribution in [0.25, 0.3) is 11.1 Å². The highest BCUT2D eigenvalue weighted by Crippen LogP contribution is 2.44. The van der Waals surface area contributed by atoms with Gasteiger partial charge in [-0.1, -0.05) is 48.5 Å². The summed E-state index contributed by atoms with van der Waals surface area (Å²) in [5, 5.41) is 22.6. The van der Waals surface area contributed by atoms with Crippen molar-refractivity contribution in [3.05, 3.63) is 89.0 Å². The van der Waals surface area contributed by atoms with Crippen LogP contribution >= 0.6 is 0 Å². The molecule has 0 spiro atoms. The van der Waals surface area contributed by atoms with E-state index in [0.29, 0.717) is 0 Å². The highest BCUT2D eigenvalue weighted by atomic mass is 19.2. The maximum atomic E-state index is 14.0. The molecule has 0 saturated carbocycles. The van der Waals surface area contributed by atoms with Gasteiger partial charge in [-0.2, -0.15) is 0 Å². The summed E-state index contributed by atoms with van der Waals surface area (Å²) in [5.74, 6) is -2.69. The molecule has 4 rings (SSSR count). The number of amides is 1. The zero-order valence-corrected chi connectivity index (χ0v) is 17.0. The van der Waals surface area contributed by atoms with Crippen LogP contribution in [0.1, 0.15) is 28.7 Å². The van der Waals surface area contributed by atoms with E-state index in [1.807, 2.05) is 48.5 Å². The molecule has 0 heterocycles. The van der Waals surface area contributed by atoms with Gasteiger partial charge in [-0.3, -0.25) is 0 Å². The largest absolute Gasteiger partial charge is 0.449 e. The van der Waals surface area contributed by atoms with E-state index < -0.39 is 42.0 Å². The summed E-state index contributed by atoms with van der Waals surface area (Å²) < 4.78 is 32.8. The summed E-state index contributed by atoms with van der Waals surface area (Å²) in [5.41, 5.74) is 9.09. The van der Waals surface area contributed by atoms with Crippen LogP contribution in [0.3, 0.4) is 0 Å². The average molecular weight is 440 g/mol. The van der Waals surface area contributed by atoms with Gasteiger partial charge in [0.2, 0.25) is 0 Å². The minimum absolute atomic E-state index is 0.0734. The number of aliphatic hydroxyl groups is 2. The maximum Gasteiger partial charge on any atom is 0.407 e. The van der Waals surface area contributed by atoms with E-state index in [2.05, 4.69) is 5.32 Å². The van der Waals surface area contributed by atoms with Crippen LogP contribution in [0, 0.1) is 11.6 Å². The van der Waals surface area contributed by atoms with Crippen molar-refractivity contribution in [2.75, 3.05) is 18.9 Å². The molecule has 0 saturated heterocycles. The minimum atomic E-state index is -1.83. The average Bonchev–Trinajstić information content (AvgIpc) is 3.12. The Hall–Kier alpha value is -3.49. The summed E-state index contributed by atoms with van der Waals surface area (Å²) >= 11 is 0. The number of hydrogen-bond donors (Lipinski definition) is 4. The molecule has 0 radical (unpaired) electrons. The molecule has 5 N–H and O–H groups in total. The second-order valence-corrected chi connectivity index (χ2v) is 7.58. The SMILES string of the molecule is Nc1ccc(F)c(F)c1C(O)C(O)CNC(=O)OCC1c2ccccc2-c2ccccc21. The zero-order valence-electron chi connectivity index (χ0n) is 17.0. The fourth-order valence-corrected chi connectivity index (χ4v) is 4.02. The number of nitrogen functional groups attached to an aromatic ring is 1. The summed E-state index contributed by atoms with van der Waals surface area (Å²) in [7, 11) is 0. The Morgan fingerprint density at radius 2 is 1.59 bits per heavy atom. The minimum Gasteiger partial charge on any atom is -0.449 e. The molecule has 2 atom stereocenters. The highest BCUT2D eigenvalue weighted by Gasteiger charge is 2.30. The highest BCUT2D eigenvalue weighted by molar-refractivity contribution is 5.79. The standard InChI is InChI=1S/C24H22F2N2O4/c25-18-9-10-19(27)21(22(18)26)23(30)20(29)11-28-24(31)32-12-17-15-7-3-1-5-13(15)14-6-2-4-8-16(14)17/h1-10,17,20,23,29-30H,11-12,27H2,(H,28,31). The quantitative estimate of drug-likeness (QED) is 0.440. The lowest BCUT2D eigenvalue weighted by Crippen LogP contribution is -2.36. The summed E-state index contributed by atoms with van der Waals surface area (Å²) in [6, 6.07) is 17.7. The third kappa shape index (κ3) is 4.02. The summed E-state index contributed by atoms with van der Waals surface area (Å²) in [6.45, 7) is -0.378. The van der Waals surface area contributed by atoms with Crippen LogP contribution in [0.15, 0.2) is 60.7 Å². The number of ether oxygens (including phenoxy) is 1. The Balaban J connectivity index is 1.37. The first-order valence-corrected chi connectivity index (χ1v) is 10.1. The van der Waals surface area contributed by atoms with E-state index in [1.165, 1.54) is 0 Å². The van der Waals surface area contributed by atoms with Gasteiger partial charge in [-0.05, 0) is 34.4 Å². The number of nitrogens with one attached hydrogen (secondary N) is 1. The normalized spacial score (nSPS) is 14.4. The van der Waals surface area contributed by atoms with E-state index >= 15 is 0 Å². The smallest absolute Gasteiger partial charge is 0.407 e. The number of alkyl carbamates (subject to hydrolysis) is 1. The molecule has 166 valence electrons. The van der Waals surface area contributed by atoms with Crippen molar-refractivity contribution >= 4 is 11.8 Å². The molecule has 0 aromatic heterocycles. The predicted molar refractivity (Wildman–Crippen MR) is 115 cm³/mol. The molecule has 1 amide bonds. The van der Waals surface area contributed by atoms with Gasteiger partial charge < -0.3 is 26.0 Å². The van der Waals surface area contributed by atoms with Crippen LogP contribution in [0.5, 0.6) is 0 Å². The first kappa shape index (κ1) is 21.7. The maximum absolute atomic E-state index is 14.0. The monoisotopic (exact) mass is 440 g/mol. The van der Waals surface area contributed by atoms with Gasteiger partial charge in [0.1, 0.15) is 18.8 Å². The van der Waals surface area contributed by atoms with Gasteiger partial charge in [0, 0.05) is 23.7 Å². The Labute approximate surface area is 183 Å². The molecule has 1 aliphatic carbocycles. The Morgan fingerprint density at radius 1 is 1.00 bits per heavy atom. The topological polar surface area (TPSA) is 105 Å². The zero-order chi connectivity index (χ0) is 22.8. The molecule has 0 bridgehead atoms. The number of nitrogens with two attached hydrogens (primary N) is 1. The van der Waals surface area contributed by atoms with Gasteiger partial charge in [0.25, 0.3) is 0 Å². The number of rotatable bonds is 6. The Morgan fingerprint density at radius 3 is 2.22 bits per heavy atom. The van der Waals surface area contributed by atoms with Crippen molar-refractivity contribution in [3.8, 4) is 11.1 Å². The number of halogens is 2. The molecule has 0 fully saturated rings. The van der Waals surface area contributed by atoms with E-state index in [4.69, 9.17) is 10.5 Å². The number of carbonyl (C=O) groups excluding carboxylic acids is 1. The number of fused-ring (bicyclic) bond motifs is 3.